The van der Waals surface area contributed by atoms with Crippen molar-refractivity contribution in [1.29, 1.82) is 0 Å². The first-order chi connectivity index (χ1) is 24.7. The summed E-state index contributed by atoms with van der Waals surface area (Å²) < 4.78 is 0. The van der Waals surface area contributed by atoms with Crippen molar-refractivity contribution in [2.75, 3.05) is 0 Å². The van der Waals surface area contributed by atoms with Gasteiger partial charge in [0.05, 0.1) is 0 Å². The monoisotopic (exact) mass is 851 g/mol. The fourth-order valence-corrected chi connectivity index (χ4v) is 6.64. The molecule has 3 heteroatoms. The predicted molar refractivity (Wildman–Crippen MR) is 216 cm³/mol. The van der Waals surface area contributed by atoms with Crippen LogP contribution in [0.3, 0.4) is 0 Å². The molecule has 259 valence electrons. The van der Waals surface area contributed by atoms with E-state index in [1.54, 1.807) is 0 Å². The van der Waals surface area contributed by atoms with E-state index < -0.39 is 0 Å². The van der Waals surface area contributed by atoms with E-state index in [1.165, 1.54) is 60.5 Å². The van der Waals surface area contributed by atoms with Crippen LogP contribution >= 0.6 is 0 Å². The van der Waals surface area contributed by atoms with Gasteiger partial charge in [0.2, 0.25) is 0 Å². The molecule has 0 unspecified atom stereocenters. The van der Waals surface area contributed by atoms with E-state index in [9.17, 15) is 0 Å². The normalized spacial score (nSPS) is 11.1. The van der Waals surface area contributed by atoms with Gasteiger partial charge in [0, 0.05) is 32.5 Å². The van der Waals surface area contributed by atoms with Crippen LogP contribution in [0.25, 0.3) is 66.3 Å². The Bertz CT molecular complexity index is 2420. The summed E-state index contributed by atoms with van der Waals surface area (Å²) in [5.41, 5.74) is 12.8. The van der Waals surface area contributed by atoms with E-state index in [1.807, 2.05) is 30.6 Å². The van der Waals surface area contributed by atoms with Crippen LogP contribution in [0.4, 0.5) is 0 Å². The van der Waals surface area contributed by atoms with Crippen molar-refractivity contribution in [3.05, 3.63) is 181 Å². The summed E-state index contributed by atoms with van der Waals surface area (Å²) in [6.45, 7) is 10.9. The standard InChI is InChI=1S/C32H22N.C17H20N.Ir/c1-22-21-33-32(20-30(22)23-10-3-2-4-11-23)26-14-9-13-24(18-26)31-19-25-12-5-6-15-27(25)28-16-7-8-17-29(28)31;1-13-5-8-15(9-6-13)16-10-7-14(12-18-16)11-17(2,3)4;/h2-13,15-21H,1H3;5-8,10,12H,11H2,1-4H3;/q2*-1;. The average molecular weight is 851 g/mol. The second-order valence-electron chi connectivity index (χ2n) is 14.5. The third-order valence-electron chi connectivity index (χ3n) is 9.15. The molecule has 6 aromatic carbocycles. The molecule has 0 fully saturated rings. The molecule has 2 aromatic heterocycles. The van der Waals surface area contributed by atoms with Gasteiger partial charge in [-0.3, -0.25) is 0 Å². The van der Waals surface area contributed by atoms with Crippen LogP contribution in [0.5, 0.6) is 0 Å². The first-order valence-electron chi connectivity index (χ1n) is 17.6. The molecule has 0 saturated heterocycles. The summed E-state index contributed by atoms with van der Waals surface area (Å²) in [6.07, 6.45) is 5.00. The van der Waals surface area contributed by atoms with E-state index in [4.69, 9.17) is 4.98 Å². The van der Waals surface area contributed by atoms with Crippen LogP contribution in [0.1, 0.15) is 37.5 Å². The molecule has 0 bridgehead atoms. The molecule has 0 N–H and O–H groups in total. The van der Waals surface area contributed by atoms with E-state index in [0.717, 1.165) is 28.9 Å². The van der Waals surface area contributed by atoms with Crippen LogP contribution in [0.2, 0.25) is 0 Å². The minimum Gasteiger partial charge on any atom is -0.304 e. The fraction of sp³-hybridized carbons (Fsp3) is 0.143. The van der Waals surface area contributed by atoms with Crippen LogP contribution in [0.15, 0.2) is 152 Å². The quantitative estimate of drug-likeness (QED) is 0.127. The Hall–Kier alpha value is -5.21. The molecule has 8 aromatic rings. The maximum Gasteiger partial charge on any atom is 0.0196 e. The smallest absolute Gasteiger partial charge is 0.0196 e. The van der Waals surface area contributed by atoms with Gasteiger partial charge in [-0.05, 0) is 85.6 Å². The molecule has 0 aliphatic carbocycles. The Balaban J connectivity index is 0.000000208. The van der Waals surface area contributed by atoms with E-state index in [2.05, 4.69) is 173 Å². The number of nitrogens with zero attached hydrogens (tertiary/aromatic N) is 2. The van der Waals surface area contributed by atoms with Crippen LogP contribution < -0.4 is 0 Å². The summed E-state index contributed by atoms with van der Waals surface area (Å²) >= 11 is 0. The van der Waals surface area contributed by atoms with Gasteiger partial charge in [0.25, 0.3) is 0 Å². The Labute approximate surface area is 322 Å². The molecular formula is C49H42IrN2-2. The zero-order valence-corrected chi connectivity index (χ0v) is 32.8. The van der Waals surface area contributed by atoms with Crippen molar-refractivity contribution in [1.82, 2.24) is 9.97 Å². The second-order valence-corrected chi connectivity index (χ2v) is 14.5. The van der Waals surface area contributed by atoms with E-state index in [0.29, 0.717) is 5.41 Å². The number of benzene rings is 6. The summed E-state index contributed by atoms with van der Waals surface area (Å²) in [6, 6.07) is 55.7. The Kier molecular flexibility index (Phi) is 11.2. The average Bonchev–Trinajstić information content (AvgIpc) is 3.15. The largest absolute Gasteiger partial charge is 0.304 e. The number of pyridine rings is 2. The first kappa shape index (κ1) is 36.6. The predicted octanol–water partition coefficient (Wildman–Crippen LogP) is 12.9. The van der Waals surface area contributed by atoms with Crippen LogP contribution in [0, 0.1) is 31.4 Å². The van der Waals surface area contributed by atoms with Gasteiger partial charge >= 0.3 is 0 Å². The van der Waals surface area contributed by atoms with Crippen molar-refractivity contribution in [2.24, 2.45) is 5.41 Å². The number of rotatable bonds is 5. The van der Waals surface area contributed by atoms with Gasteiger partial charge < -0.3 is 9.97 Å². The van der Waals surface area contributed by atoms with Gasteiger partial charge in [0.1, 0.15) is 0 Å². The van der Waals surface area contributed by atoms with Crippen molar-refractivity contribution in [3.8, 4) is 44.8 Å². The molecule has 8 rings (SSSR count). The summed E-state index contributed by atoms with van der Waals surface area (Å²) in [4.78, 5) is 9.28. The molecule has 0 spiro atoms. The molecule has 1 radical (unpaired) electrons. The summed E-state index contributed by atoms with van der Waals surface area (Å²) in [7, 11) is 0. The van der Waals surface area contributed by atoms with Crippen LogP contribution in [-0.4, -0.2) is 9.97 Å². The molecule has 2 heterocycles. The Morgan fingerprint density at radius 1 is 0.558 bits per heavy atom. The molecule has 0 saturated carbocycles. The number of hydrogen-bond donors (Lipinski definition) is 0. The number of aryl methyl sites for hydroxylation is 2. The fourth-order valence-electron chi connectivity index (χ4n) is 6.64. The van der Waals surface area contributed by atoms with E-state index >= 15 is 0 Å². The zero-order valence-electron chi connectivity index (χ0n) is 30.4. The van der Waals surface area contributed by atoms with Gasteiger partial charge in [-0.2, -0.15) is 0 Å². The third-order valence-corrected chi connectivity index (χ3v) is 9.15. The molecule has 0 aliphatic heterocycles. The van der Waals surface area contributed by atoms with E-state index in [-0.39, 0.29) is 20.1 Å². The van der Waals surface area contributed by atoms with Crippen molar-refractivity contribution < 1.29 is 20.1 Å². The number of aromatic nitrogens is 2. The summed E-state index contributed by atoms with van der Waals surface area (Å²) in [5.74, 6) is 0. The topological polar surface area (TPSA) is 25.8 Å². The Morgan fingerprint density at radius 3 is 1.98 bits per heavy atom. The molecular weight excluding hydrogens is 809 g/mol. The Morgan fingerprint density at radius 2 is 1.27 bits per heavy atom. The van der Waals surface area contributed by atoms with Crippen LogP contribution in [-0.2, 0) is 26.5 Å². The van der Waals surface area contributed by atoms with Gasteiger partial charge in [-0.25, -0.2) is 0 Å². The minimum absolute atomic E-state index is 0. The molecule has 0 amide bonds. The molecule has 52 heavy (non-hydrogen) atoms. The third kappa shape index (κ3) is 8.45. The SMILES string of the molecule is Cc1c[c-]c(-c2ccc(CC(C)(C)C)cn2)cc1.Cc1cnc(-c2[c-]ccc(-c3cc4ccccc4c4ccccc34)c2)cc1-c1ccccc1.[Ir]. The second kappa shape index (κ2) is 16.0. The van der Waals surface area contributed by atoms with Gasteiger partial charge in [-0.15, -0.1) is 70.8 Å². The van der Waals surface area contributed by atoms with Crippen molar-refractivity contribution in [2.45, 2.75) is 41.0 Å². The molecule has 2 nitrogen and oxygen atoms in total. The number of hydrogen-bond acceptors (Lipinski definition) is 2. The number of fused-ring (bicyclic) bond motifs is 3. The summed E-state index contributed by atoms with van der Waals surface area (Å²) in [5, 5.41) is 5.07. The molecule has 0 atom stereocenters. The molecule has 0 aliphatic rings. The van der Waals surface area contributed by atoms with Crippen molar-refractivity contribution in [3.63, 3.8) is 0 Å². The minimum atomic E-state index is 0. The van der Waals surface area contributed by atoms with Gasteiger partial charge in [0.15, 0.2) is 0 Å². The van der Waals surface area contributed by atoms with Gasteiger partial charge in [-0.1, -0.05) is 125 Å². The first-order valence-corrected chi connectivity index (χ1v) is 17.6. The maximum absolute atomic E-state index is 4.75. The van der Waals surface area contributed by atoms with Crippen molar-refractivity contribution >= 4 is 21.5 Å². The zero-order chi connectivity index (χ0) is 35.4. The maximum atomic E-state index is 4.75.